The molecule has 0 heterocycles. The van der Waals surface area contributed by atoms with E-state index < -0.39 is 17.8 Å². The molecule has 4 atom stereocenters. The summed E-state index contributed by atoms with van der Waals surface area (Å²) in [6.45, 7) is 0. The average molecular weight is 393 g/mol. The first kappa shape index (κ1) is 16.1. The Hall–Kier alpha value is -1.78. The summed E-state index contributed by atoms with van der Waals surface area (Å²) in [5.41, 5.74) is 0.577. The molecule has 1 amide bonds. The van der Waals surface area contributed by atoms with Crippen LogP contribution in [0.3, 0.4) is 0 Å². The van der Waals surface area contributed by atoms with E-state index in [0.717, 1.165) is 23.1 Å². The molecule has 0 aliphatic heterocycles. The quantitative estimate of drug-likeness (QED) is 0.464. The minimum absolute atomic E-state index is 0.00621. The maximum atomic E-state index is 12.6. The number of carbonyl (C=O) groups excluding carboxylic acids is 1. The van der Waals surface area contributed by atoms with Crippen molar-refractivity contribution in [1.82, 2.24) is 0 Å². The molecule has 1 fully saturated rings. The molecule has 0 spiro atoms. The first-order valence-corrected chi connectivity index (χ1v) is 8.69. The first-order valence-electron chi connectivity index (χ1n) is 7.08. The predicted molar refractivity (Wildman–Crippen MR) is 89.6 cm³/mol. The number of hydrogen-bond donors (Lipinski definition) is 2. The molecular weight excluding hydrogens is 380 g/mol. The molecular formula is C16H13BrN2O3S. The van der Waals surface area contributed by atoms with Crippen LogP contribution in [0.25, 0.3) is 0 Å². The van der Waals surface area contributed by atoms with Gasteiger partial charge in [0.15, 0.2) is 0 Å². The number of fused-ring (bicyclic) bond motifs is 2. The van der Waals surface area contributed by atoms with Crippen LogP contribution in [0.5, 0.6) is 0 Å². The number of nitrogens with zero attached hydrogens (tertiary/aromatic N) is 1. The van der Waals surface area contributed by atoms with Gasteiger partial charge < -0.3 is 10.4 Å². The Morgan fingerprint density at radius 2 is 2.00 bits per heavy atom. The van der Waals surface area contributed by atoms with E-state index in [1.165, 1.54) is 0 Å². The van der Waals surface area contributed by atoms with Crippen molar-refractivity contribution in [3.8, 4) is 5.40 Å². The monoisotopic (exact) mass is 392 g/mol. The van der Waals surface area contributed by atoms with E-state index in [4.69, 9.17) is 5.26 Å². The van der Waals surface area contributed by atoms with Gasteiger partial charge in [0, 0.05) is 9.37 Å². The molecule has 3 rings (SSSR count). The molecule has 5 nitrogen and oxygen atoms in total. The molecule has 4 unspecified atom stereocenters. The van der Waals surface area contributed by atoms with E-state index in [-0.39, 0.29) is 17.7 Å². The van der Waals surface area contributed by atoms with Gasteiger partial charge in [-0.25, -0.2) is 0 Å². The number of benzene rings is 1. The number of allylic oxidation sites excluding steroid dienone is 2. The number of thiocyanates is 1. The van der Waals surface area contributed by atoms with Crippen molar-refractivity contribution in [2.24, 2.45) is 23.7 Å². The fraction of sp³-hybridized carbons (Fsp3) is 0.312. The second-order valence-corrected chi connectivity index (χ2v) is 7.37. The van der Waals surface area contributed by atoms with Crippen molar-refractivity contribution in [3.63, 3.8) is 0 Å². The van der Waals surface area contributed by atoms with Gasteiger partial charge in [0.1, 0.15) is 5.40 Å². The standard InChI is InChI=1S/C16H13BrN2O3S/c17-11-6-10(23-7-18)3-4-12(11)19-15(20)13-8-1-2-9(5-8)14(13)16(21)22/h1-4,6,8-9,13-14H,5H2,(H,19,20)(H,21,22). The normalized spacial score (nSPS) is 27.7. The number of carbonyl (C=O) groups is 2. The van der Waals surface area contributed by atoms with E-state index in [2.05, 4.69) is 21.2 Å². The third-order valence-corrected chi connectivity index (χ3v) is 5.65. The van der Waals surface area contributed by atoms with Gasteiger partial charge in [-0.3, -0.25) is 9.59 Å². The van der Waals surface area contributed by atoms with Crippen LogP contribution in [0.2, 0.25) is 0 Å². The van der Waals surface area contributed by atoms with Gasteiger partial charge in [-0.1, -0.05) is 12.2 Å². The van der Waals surface area contributed by atoms with Crippen molar-refractivity contribution in [3.05, 3.63) is 34.8 Å². The summed E-state index contributed by atoms with van der Waals surface area (Å²) < 4.78 is 0.664. The minimum atomic E-state index is -0.915. The number of rotatable bonds is 4. The van der Waals surface area contributed by atoms with E-state index in [1.54, 1.807) is 18.2 Å². The second-order valence-electron chi connectivity index (χ2n) is 5.66. The number of anilines is 1. The lowest BCUT2D eigenvalue weighted by Crippen LogP contribution is -2.36. The van der Waals surface area contributed by atoms with Crippen molar-refractivity contribution in [2.75, 3.05) is 5.32 Å². The Balaban J connectivity index is 1.78. The Morgan fingerprint density at radius 3 is 2.61 bits per heavy atom. The molecule has 0 aromatic heterocycles. The molecule has 2 N–H and O–H groups in total. The van der Waals surface area contributed by atoms with Crippen LogP contribution in [-0.4, -0.2) is 17.0 Å². The molecule has 0 radical (unpaired) electrons. The SMILES string of the molecule is N#CSc1ccc(NC(=O)C2C3C=CC(C3)C2C(=O)O)c(Br)c1. The van der Waals surface area contributed by atoms with Crippen LogP contribution in [0.4, 0.5) is 5.69 Å². The molecule has 118 valence electrons. The second kappa shape index (κ2) is 6.38. The lowest BCUT2D eigenvalue weighted by molar-refractivity contribution is -0.146. The minimum Gasteiger partial charge on any atom is -0.481 e. The highest BCUT2D eigenvalue weighted by Crippen LogP contribution is 2.48. The zero-order valence-electron chi connectivity index (χ0n) is 11.9. The summed E-state index contributed by atoms with van der Waals surface area (Å²) in [5, 5.41) is 22.9. The number of nitrogens with one attached hydrogen (secondary N) is 1. The van der Waals surface area contributed by atoms with Crippen molar-refractivity contribution < 1.29 is 14.7 Å². The van der Waals surface area contributed by atoms with Gasteiger partial charge in [-0.2, -0.15) is 5.26 Å². The molecule has 1 saturated carbocycles. The van der Waals surface area contributed by atoms with E-state index in [1.807, 2.05) is 17.6 Å². The smallest absolute Gasteiger partial charge is 0.307 e. The van der Waals surface area contributed by atoms with E-state index in [0.29, 0.717) is 10.2 Å². The molecule has 1 aromatic carbocycles. The zero-order chi connectivity index (χ0) is 16.6. The molecule has 2 bridgehead atoms. The topological polar surface area (TPSA) is 90.2 Å². The van der Waals surface area contributed by atoms with Gasteiger partial charge in [-0.05, 0) is 64.1 Å². The summed E-state index contributed by atoms with van der Waals surface area (Å²) in [7, 11) is 0. The number of thioether (sulfide) groups is 1. The van der Waals surface area contributed by atoms with Crippen LogP contribution in [0, 0.1) is 34.3 Å². The summed E-state index contributed by atoms with van der Waals surface area (Å²) in [6.07, 6.45) is 4.60. The fourth-order valence-corrected chi connectivity index (χ4v) is 4.49. The predicted octanol–water partition coefficient (Wildman–Crippen LogP) is 3.48. The van der Waals surface area contributed by atoms with E-state index >= 15 is 0 Å². The third kappa shape index (κ3) is 3.01. The Kier molecular flexibility index (Phi) is 4.46. The van der Waals surface area contributed by atoms with Gasteiger partial charge in [0.25, 0.3) is 0 Å². The van der Waals surface area contributed by atoms with Gasteiger partial charge in [-0.15, -0.1) is 0 Å². The number of carboxylic acid groups (broad SMARTS) is 1. The third-order valence-electron chi connectivity index (χ3n) is 4.41. The van der Waals surface area contributed by atoms with Gasteiger partial charge >= 0.3 is 5.97 Å². The van der Waals surface area contributed by atoms with Gasteiger partial charge in [0.05, 0.1) is 17.5 Å². The number of aliphatic carboxylic acids is 1. The zero-order valence-corrected chi connectivity index (χ0v) is 14.3. The van der Waals surface area contributed by atoms with Crippen LogP contribution in [0.1, 0.15) is 6.42 Å². The molecule has 7 heteroatoms. The summed E-state index contributed by atoms with van der Waals surface area (Å²) in [4.78, 5) is 24.8. The van der Waals surface area contributed by atoms with Crippen molar-refractivity contribution in [1.29, 1.82) is 5.26 Å². The number of halogens is 1. The van der Waals surface area contributed by atoms with Crippen LogP contribution in [-0.2, 0) is 9.59 Å². The number of nitriles is 1. The first-order chi connectivity index (χ1) is 11.0. The molecule has 23 heavy (non-hydrogen) atoms. The van der Waals surface area contributed by atoms with Gasteiger partial charge in [0.2, 0.25) is 5.91 Å². The Morgan fingerprint density at radius 1 is 1.30 bits per heavy atom. The highest BCUT2D eigenvalue weighted by molar-refractivity contribution is 9.10. The van der Waals surface area contributed by atoms with Crippen molar-refractivity contribution >= 4 is 45.3 Å². The largest absolute Gasteiger partial charge is 0.481 e. The van der Waals surface area contributed by atoms with E-state index in [9.17, 15) is 14.7 Å². The van der Waals surface area contributed by atoms with Crippen LogP contribution in [0.15, 0.2) is 39.7 Å². The Labute approximate surface area is 145 Å². The number of carboxylic acids is 1. The average Bonchev–Trinajstić information content (AvgIpc) is 3.11. The summed E-state index contributed by atoms with van der Waals surface area (Å²) >= 11 is 4.40. The summed E-state index contributed by atoms with van der Waals surface area (Å²) in [6, 6.07) is 5.20. The van der Waals surface area contributed by atoms with Crippen LogP contribution < -0.4 is 5.32 Å². The maximum absolute atomic E-state index is 12.6. The highest BCUT2D eigenvalue weighted by atomic mass is 79.9. The summed E-state index contributed by atoms with van der Waals surface area (Å²) in [5.74, 6) is -2.43. The lowest BCUT2D eigenvalue weighted by Gasteiger charge is -2.24. The highest BCUT2D eigenvalue weighted by Gasteiger charge is 2.51. The number of amides is 1. The Bertz CT molecular complexity index is 743. The van der Waals surface area contributed by atoms with Crippen molar-refractivity contribution in [2.45, 2.75) is 11.3 Å². The van der Waals surface area contributed by atoms with Crippen LogP contribution >= 0.6 is 27.7 Å². The fourth-order valence-electron chi connectivity index (χ4n) is 3.45. The maximum Gasteiger partial charge on any atom is 0.307 e. The lowest BCUT2D eigenvalue weighted by atomic mass is 9.82. The molecule has 2 aliphatic carbocycles. The number of hydrogen-bond acceptors (Lipinski definition) is 4. The molecule has 2 aliphatic rings. The molecule has 0 saturated heterocycles. The molecule has 1 aromatic rings.